The number of halogens is 1. The Morgan fingerprint density at radius 1 is 1.22 bits per heavy atom. The zero-order valence-electron chi connectivity index (χ0n) is 25.3. The molecule has 1 saturated carbocycles. The number of aliphatic hydroxyl groups is 1. The summed E-state index contributed by atoms with van der Waals surface area (Å²) in [7, 11) is 2.91. The second-order valence-corrected chi connectivity index (χ2v) is 13.9. The third kappa shape index (κ3) is 5.52. The molecule has 3 aliphatic rings. The topological polar surface area (TPSA) is 171 Å². The molecule has 1 amide bonds. The van der Waals surface area contributed by atoms with Crippen LogP contribution in [-0.2, 0) is 49.2 Å². The molecule has 11 nitrogen and oxygen atoms in total. The van der Waals surface area contributed by atoms with E-state index < -0.39 is 35.3 Å². The van der Waals surface area contributed by atoms with E-state index >= 15 is 0 Å². The number of nitrogens with one attached hydrogen (secondary N) is 1. The van der Waals surface area contributed by atoms with Gasteiger partial charge in [-0.05, 0) is 30.5 Å². The lowest BCUT2D eigenvalue weighted by Gasteiger charge is -2.31. The van der Waals surface area contributed by atoms with E-state index in [9.17, 15) is 33.5 Å². The first-order valence-corrected chi connectivity index (χ1v) is 17.0. The molecule has 6 rings (SSSR count). The minimum Gasteiger partial charge on any atom is -0.458 e. The van der Waals surface area contributed by atoms with Gasteiger partial charge in [-0.25, -0.2) is 14.2 Å². The van der Waals surface area contributed by atoms with Crippen molar-refractivity contribution in [2.45, 2.75) is 64.3 Å². The molecular weight excluding hydrogens is 623 g/mol. The van der Waals surface area contributed by atoms with E-state index in [-0.39, 0.29) is 78.8 Å². The molecule has 45 heavy (non-hydrogen) atoms. The van der Waals surface area contributed by atoms with Crippen molar-refractivity contribution in [3.05, 3.63) is 56.6 Å². The summed E-state index contributed by atoms with van der Waals surface area (Å²) < 4.78 is 28.8. The second kappa shape index (κ2) is 12.2. The number of ether oxygens (including phenoxy) is 1. The number of nitrogens with zero attached hydrogens (tertiary/aromatic N) is 2. The third-order valence-electron chi connectivity index (χ3n) is 8.61. The van der Waals surface area contributed by atoms with Crippen LogP contribution in [0.5, 0.6) is 0 Å². The first-order valence-electron chi connectivity index (χ1n) is 15.1. The molecule has 1 fully saturated rings. The number of ketones is 2. The van der Waals surface area contributed by atoms with E-state index in [1.165, 1.54) is 38.3 Å². The Morgan fingerprint density at radius 2 is 2.00 bits per heavy atom. The van der Waals surface area contributed by atoms with Crippen LogP contribution in [0.4, 0.5) is 10.1 Å². The van der Waals surface area contributed by atoms with Crippen LogP contribution >= 0.6 is 21.6 Å². The predicted molar refractivity (Wildman–Crippen MR) is 168 cm³/mol. The maximum absolute atomic E-state index is 14.6. The normalized spacial score (nSPS) is 22.2. The van der Waals surface area contributed by atoms with Crippen LogP contribution in [-0.4, -0.2) is 49.6 Å². The van der Waals surface area contributed by atoms with Crippen molar-refractivity contribution in [3.63, 3.8) is 0 Å². The first-order chi connectivity index (χ1) is 21.9. The van der Waals surface area contributed by atoms with E-state index in [4.69, 9.17) is 11.8 Å². The van der Waals surface area contributed by atoms with Crippen molar-refractivity contribution in [1.29, 1.82) is 0 Å². The largest absolute Gasteiger partial charge is 0.458 e. The van der Waals surface area contributed by atoms with Gasteiger partial charge in [0, 0.05) is 61.2 Å². The minimum atomic E-state index is -1.99. The maximum Gasteiger partial charge on any atom is 0.343 e. The highest BCUT2D eigenvalue weighted by atomic mass is 33.1. The molecule has 3 aromatic rings. The Labute approximate surface area is 266 Å². The summed E-state index contributed by atoms with van der Waals surface area (Å²) in [4.78, 5) is 67.5. The summed E-state index contributed by atoms with van der Waals surface area (Å²) in [5, 5.41) is 14.6. The van der Waals surface area contributed by atoms with E-state index in [0.717, 1.165) is 0 Å². The highest BCUT2D eigenvalue weighted by molar-refractivity contribution is 8.76. The lowest BCUT2D eigenvalue weighted by atomic mass is 9.86. The van der Waals surface area contributed by atoms with Gasteiger partial charge in [-0.2, -0.15) is 0 Å². The lowest BCUT2D eigenvalue weighted by Crippen LogP contribution is -2.44. The highest BCUT2D eigenvalue weighted by Crippen LogP contribution is 2.40. The molecule has 1 aromatic carbocycles. The zero-order valence-corrected chi connectivity index (χ0v) is 25.9. The molecule has 2 unspecified atom stereocenters. The number of esters is 1. The average Bonchev–Trinajstić information content (AvgIpc) is 3.51. The number of anilines is 1. The molecule has 4 N–H and O–H groups in total. The Morgan fingerprint density at radius 3 is 2.73 bits per heavy atom. The van der Waals surface area contributed by atoms with Crippen LogP contribution in [0.25, 0.3) is 22.3 Å². The SMILES string of the molecule is [3H]C1CC(=O)C(CCSSCCC(=O)NCc2c3c(nc4cc(F)c(N)cc24)-c2cc4c(c(=O)n2C3)COC(=O)[C@]4(O)CC)C1=O. The Balaban J connectivity index is 1.20. The van der Waals surface area contributed by atoms with Crippen molar-refractivity contribution in [2.75, 3.05) is 17.2 Å². The quantitative estimate of drug-likeness (QED) is 0.0753. The summed E-state index contributed by atoms with van der Waals surface area (Å²) >= 11 is 0. The van der Waals surface area contributed by atoms with Gasteiger partial charge < -0.3 is 25.5 Å². The van der Waals surface area contributed by atoms with Gasteiger partial charge in [0.2, 0.25) is 5.91 Å². The van der Waals surface area contributed by atoms with Crippen LogP contribution in [0.2, 0.25) is 0 Å². The molecule has 0 spiro atoms. The van der Waals surface area contributed by atoms with E-state index in [2.05, 4.69) is 10.3 Å². The Bertz CT molecular complexity index is 1890. The number of pyridine rings is 2. The average molecular weight is 657 g/mol. The number of hydrogen-bond donors (Lipinski definition) is 3. The maximum atomic E-state index is 14.6. The van der Waals surface area contributed by atoms with Crippen LogP contribution in [0.15, 0.2) is 23.0 Å². The van der Waals surface area contributed by atoms with Crippen LogP contribution in [0.1, 0.15) is 62.6 Å². The standard InChI is InChI=1S/C31H31FN4O7S2/c1-2-31(42)20-10-24-28-18(13-36(24)29(40)19(20)14-43-30(31)41)17(16-9-22(33)21(32)11-23(16)35-28)12-34-27(39)6-8-45-44-7-5-15-25(37)3-4-26(15)38/h9-11,15,42H,2-8,12-14,33H2,1H3,(H,34,39)/t31-/m0/s1/i3T/t3?,15?,31-. The fraction of sp³-hybridized carbons (Fsp3) is 0.419. The zero-order chi connectivity index (χ0) is 32.9. The molecule has 2 aliphatic heterocycles. The number of amides is 1. The van der Waals surface area contributed by atoms with Crippen molar-refractivity contribution >= 4 is 61.6 Å². The molecule has 2 aromatic heterocycles. The monoisotopic (exact) mass is 656 g/mol. The molecule has 0 radical (unpaired) electrons. The molecule has 1 aliphatic carbocycles. The summed E-state index contributed by atoms with van der Waals surface area (Å²) in [6.07, 6.45) is -0.399. The highest BCUT2D eigenvalue weighted by Gasteiger charge is 2.45. The summed E-state index contributed by atoms with van der Waals surface area (Å²) in [6.45, 7) is 1.48. The predicted octanol–water partition coefficient (Wildman–Crippen LogP) is 3.13. The van der Waals surface area contributed by atoms with Crippen molar-refractivity contribution in [1.82, 2.24) is 14.9 Å². The van der Waals surface area contributed by atoms with Crippen molar-refractivity contribution in [3.8, 4) is 11.4 Å². The number of nitrogen functional groups attached to an aromatic ring is 1. The van der Waals surface area contributed by atoms with Crippen LogP contribution in [0, 0.1) is 11.7 Å². The molecule has 0 saturated heterocycles. The molecule has 236 valence electrons. The van der Waals surface area contributed by atoms with Crippen molar-refractivity contribution < 1.29 is 34.8 Å². The van der Waals surface area contributed by atoms with Gasteiger partial charge in [-0.3, -0.25) is 19.2 Å². The Kier molecular flexibility index (Phi) is 8.12. The summed E-state index contributed by atoms with van der Waals surface area (Å²) in [6, 6.07) is 4.22. The first kappa shape index (κ1) is 29.9. The number of fused-ring (bicyclic) bond motifs is 5. The molecule has 3 atom stereocenters. The number of aromatic nitrogens is 2. The van der Waals surface area contributed by atoms with Gasteiger partial charge in [0.1, 0.15) is 24.0 Å². The van der Waals surface area contributed by atoms with Gasteiger partial charge in [-0.15, -0.1) is 0 Å². The lowest BCUT2D eigenvalue weighted by molar-refractivity contribution is -0.172. The smallest absolute Gasteiger partial charge is 0.343 e. The molecule has 0 bridgehead atoms. The molecule has 4 heterocycles. The number of nitrogens with two attached hydrogens (primary N) is 1. The number of benzene rings is 1. The van der Waals surface area contributed by atoms with E-state index in [1.807, 2.05) is 0 Å². The number of cyclic esters (lactones) is 1. The Hall–Kier alpha value is -3.75. The fourth-order valence-electron chi connectivity index (χ4n) is 6.04. The van der Waals surface area contributed by atoms with Gasteiger partial charge in [0.25, 0.3) is 5.56 Å². The van der Waals surface area contributed by atoms with Gasteiger partial charge in [-0.1, -0.05) is 28.5 Å². The van der Waals surface area contributed by atoms with E-state index in [1.54, 1.807) is 13.0 Å². The number of rotatable bonds is 10. The van der Waals surface area contributed by atoms with Gasteiger partial charge >= 0.3 is 5.97 Å². The van der Waals surface area contributed by atoms with Gasteiger partial charge in [0.05, 0.1) is 40.6 Å². The summed E-state index contributed by atoms with van der Waals surface area (Å²) in [5.41, 5.74) is 5.95. The number of carbonyl (C=O) groups excluding carboxylic acids is 4. The van der Waals surface area contributed by atoms with Crippen LogP contribution < -0.4 is 16.6 Å². The third-order valence-corrected chi connectivity index (χ3v) is 11.0. The minimum absolute atomic E-state index is 0.00934. The second-order valence-electron chi connectivity index (χ2n) is 11.2. The van der Waals surface area contributed by atoms with E-state index in [0.29, 0.717) is 45.8 Å². The summed E-state index contributed by atoms with van der Waals surface area (Å²) in [5.74, 6) is -1.91. The van der Waals surface area contributed by atoms with Crippen LogP contribution in [0.3, 0.4) is 0 Å². The number of carbonyl (C=O) groups is 4. The fourth-order valence-corrected chi connectivity index (χ4v) is 8.13. The van der Waals surface area contributed by atoms with Crippen molar-refractivity contribution in [2.24, 2.45) is 5.92 Å². The molecule has 14 heteroatoms. The molecular formula is C31H31FN4O7S2. The van der Waals surface area contributed by atoms with Gasteiger partial charge in [0.15, 0.2) is 5.60 Å². The number of hydrogen-bond acceptors (Lipinski definition) is 11. The number of Topliss-reactive ketones (excluding diaryl/α,β-unsaturated/α-hetero) is 2.